The van der Waals surface area contributed by atoms with Gasteiger partial charge < -0.3 is 18.0 Å². The molecule has 0 saturated carbocycles. The van der Waals surface area contributed by atoms with Crippen LogP contribution in [0.5, 0.6) is 11.5 Å². The van der Waals surface area contributed by atoms with E-state index in [4.69, 9.17) is 12.9 Å². The molecule has 0 atom stereocenters. The van der Waals surface area contributed by atoms with Gasteiger partial charge in [0.2, 0.25) is 0 Å². The number of hydrogen-bond acceptors (Lipinski definition) is 4. The second-order valence-corrected chi connectivity index (χ2v) is 16.1. The van der Waals surface area contributed by atoms with Crippen LogP contribution >= 0.6 is 72.0 Å². The molecule has 0 spiro atoms. The van der Waals surface area contributed by atoms with E-state index in [2.05, 4.69) is 100 Å². The lowest BCUT2D eigenvalue weighted by atomic mass is 9.92. The number of fused-ring (bicyclic) bond motifs is 9. The van der Waals surface area contributed by atoms with E-state index in [1.807, 2.05) is 84.9 Å². The minimum Gasteiger partial charge on any atom is -0.506 e. The van der Waals surface area contributed by atoms with Crippen molar-refractivity contribution in [1.82, 2.24) is 0 Å². The normalized spacial score (nSPS) is 11.8. The van der Waals surface area contributed by atoms with Gasteiger partial charge in [-0.25, -0.2) is 0 Å². The Morgan fingerprint density at radius 3 is 1.37 bits per heavy atom. The summed E-state index contributed by atoms with van der Waals surface area (Å²) in [6.07, 6.45) is 0. The SMILES string of the molecule is Oc1c(Br)cc2ccccc2c1-c1c(Op2oc3c(Br)cc4ccccc4c3c3c(o2)c(Br)cc2ccccc23)c(Br)cc2ccccc12. The van der Waals surface area contributed by atoms with Crippen molar-refractivity contribution in [2.45, 2.75) is 0 Å². The van der Waals surface area contributed by atoms with E-state index in [0.717, 1.165) is 68.4 Å². The summed E-state index contributed by atoms with van der Waals surface area (Å²) in [6.45, 7) is 0. The van der Waals surface area contributed by atoms with E-state index in [0.29, 0.717) is 31.4 Å². The van der Waals surface area contributed by atoms with Crippen LogP contribution in [0.4, 0.5) is 0 Å². The summed E-state index contributed by atoms with van der Waals surface area (Å²) in [5.41, 5.74) is 2.61. The first-order chi connectivity index (χ1) is 23.9. The Hall–Kier alpha value is -3.78. The zero-order valence-corrected chi connectivity index (χ0v) is 32.4. The first kappa shape index (κ1) is 31.2. The molecule has 0 unspecified atom stereocenters. The van der Waals surface area contributed by atoms with Gasteiger partial charge in [0.25, 0.3) is 0 Å². The summed E-state index contributed by atoms with van der Waals surface area (Å²) in [6, 6.07) is 40.7. The number of halogens is 4. The fourth-order valence-electron chi connectivity index (χ4n) is 6.73. The molecule has 0 aliphatic carbocycles. The molecule has 4 nitrogen and oxygen atoms in total. The monoisotopic (exact) mass is 912 g/mol. The first-order valence-corrected chi connectivity index (χ1v) is 19.5. The summed E-state index contributed by atoms with van der Waals surface area (Å²) < 4.78 is 23.5. The molecule has 1 aromatic heterocycles. The fourth-order valence-corrected chi connectivity index (χ4v) is 10.3. The maximum atomic E-state index is 11.7. The molecule has 0 fully saturated rings. The van der Waals surface area contributed by atoms with Crippen molar-refractivity contribution < 1.29 is 18.0 Å². The summed E-state index contributed by atoms with van der Waals surface area (Å²) >= 11 is 15.1. The topological polar surface area (TPSA) is 55.7 Å². The molecule has 49 heavy (non-hydrogen) atoms. The van der Waals surface area contributed by atoms with Crippen LogP contribution in [0.1, 0.15) is 0 Å². The Labute approximate surface area is 314 Å². The second kappa shape index (κ2) is 12.2. The quantitative estimate of drug-likeness (QED) is 0.192. The number of phenols is 1. The molecule has 0 amide bonds. The van der Waals surface area contributed by atoms with Crippen molar-refractivity contribution in [3.05, 3.63) is 139 Å². The summed E-state index contributed by atoms with van der Waals surface area (Å²) in [4.78, 5) is 0. The van der Waals surface area contributed by atoms with Crippen LogP contribution in [0.2, 0.25) is 0 Å². The molecule has 0 saturated heterocycles. The van der Waals surface area contributed by atoms with Gasteiger partial charge in [0.05, 0.1) is 17.9 Å². The Kier molecular flexibility index (Phi) is 7.78. The number of aromatic hydroxyl groups is 1. The van der Waals surface area contributed by atoms with E-state index >= 15 is 0 Å². The van der Waals surface area contributed by atoms with Gasteiger partial charge >= 0.3 is 8.24 Å². The third-order valence-electron chi connectivity index (χ3n) is 8.84. The van der Waals surface area contributed by atoms with Gasteiger partial charge in [0.1, 0.15) is 5.75 Å². The predicted octanol–water partition coefficient (Wildman–Crippen LogP) is 15.2. The number of rotatable bonds is 3. The third kappa shape index (κ3) is 5.11. The maximum absolute atomic E-state index is 11.7. The van der Waals surface area contributed by atoms with Gasteiger partial charge in [-0.05, 0) is 131 Å². The van der Waals surface area contributed by atoms with E-state index < -0.39 is 8.24 Å². The van der Waals surface area contributed by atoms with Crippen molar-refractivity contribution in [3.8, 4) is 22.6 Å². The lowest BCUT2D eigenvalue weighted by molar-refractivity contribution is 0.473. The molecule has 0 radical (unpaired) electrons. The minimum absolute atomic E-state index is 0.112. The highest BCUT2D eigenvalue weighted by molar-refractivity contribution is 9.11. The van der Waals surface area contributed by atoms with Crippen molar-refractivity contribution in [2.75, 3.05) is 0 Å². The van der Waals surface area contributed by atoms with Gasteiger partial charge in [-0.2, -0.15) is 0 Å². The first-order valence-electron chi connectivity index (χ1n) is 15.3. The molecule has 1 heterocycles. The fraction of sp³-hybridized carbons (Fsp3) is 0. The average Bonchev–Trinajstić information content (AvgIpc) is 3.28. The number of phenolic OH excluding ortho intramolecular Hbond substituents is 1. The molecular weight excluding hydrogens is 895 g/mol. The third-order valence-corrected chi connectivity index (χ3v) is 12.2. The van der Waals surface area contributed by atoms with Gasteiger partial charge in [-0.3, -0.25) is 0 Å². The molecular formula is C40H21Br4O4P. The second-order valence-electron chi connectivity index (χ2n) is 11.7. The highest BCUT2D eigenvalue weighted by Gasteiger charge is 2.25. The smallest absolute Gasteiger partial charge is 0.453 e. The van der Waals surface area contributed by atoms with Gasteiger partial charge in [-0.15, -0.1) is 0 Å². The summed E-state index contributed by atoms with van der Waals surface area (Å²) in [5, 5.41) is 21.5. The van der Waals surface area contributed by atoms with E-state index in [1.54, 1.807) is 0 Å². The van der Waals surface area contributed by atoms with Gasteiger partial charge in [0, 0.05) is 21.9 Å². The Bertz CT molecular complexity index is 2780. The van der Waals surface area contributed by atoms with Crippen LogP contribution in [-0.2, 0) is 0 Å². The van der Waals surface area contributed by atoms with E-state index in [9.17, 15) is 5.11 Å². The number of benzene rings is 8. The van der Waals surface area contributed by atoms with Crippen LogP contribution in [0.25, 0.3) is 76.2 Å². The minimum atomic E-state index is -2.11. The van der Waals surface area contributed by atoms with Crippen molar-refractivity contribution in [3.63, 3.8) is 0 Å². The molecule has 9 aromatic rings. The molecule has 0 aliphatic rings. The highest BCUT2D eigenvalue weighted by Crippen LogP contribution is 2.53. The molecule has 9 heteroatoms. The molecule has 1 N–H and O–H groups in total. The average molecular weight is 916 g/mol. The Balaban J connectivity index is 1.43. The maximum Gasteiger partial charge on any atom is 0.453 e. The summed E-state index contributed by atoms with van der Waals surface area (Å²) in [7, 11) is -2.11. The Morgan fingerprint density at radius 2 is 0.857 bits per heavy atom. The van der Waals surface area contributed by atoms with Crippen molar-refractivity contribution >= 4 is 137 Å². The van der Waals surface area contributed by atoms with Crippen molar-refractivity contribution in [1.29, 1.82) is 0 Å². The molecule has 0 aliphatic heterocycles. The zero-order valence-electron chi connectivity index (χ0n) is 25.2. The molecule has 0 bridgehead atoms. The highest BCUT2D eigenvalue weighted by atomic mass is 79.9. The zero-order chi connectivity index (χ0) is 33.4. The van der Waals surface area contributed by atoms with Crippen LogP contribution in [0, 0.1) is 0 Å². The van der Waals surface area contributed by atoms with Crippen molar-refractivity contribution in [2.24, 2.45) is 0 Å². The molecule has 8 aromatic carbocycles. The predicted molar refractivity (Wildman–Crippen MR) is 217 cm³/mol. The van der Waals surface area contributed by atoms with E-state index in [1.165, 1.54) is 0 Å². The molecule has 9 rings (SSSR count). The lowest BCUT2D eigenvalue weighted by Crippen LogP contribution is -1.92. The molecule has 238 valence electrons. The standard InChI is InChI=1S/C40H21Br4O4P/c41-29-17-21-9-1-5-13-25(21)33(37(29)45)34-26-14-6-2-10-22(26)18-30(42)38(34)46-49-47-39-31(43)19-23-11-3-7-15-27(23)35(39)36-28-16-8-4-12-24(28)20-32(44)40(36)48-49/h1-20,45H. The number of hydrogen-bond donors (Lipinski definition) is 1. The van der Waals surface area contributed by atoms with Gasteiger partial charge in [-0.1, -0.05) is 97.1 Å². The summed E-state index contributed by atoms with van der Waals surface area (Å²) in [5.74, 6) is 0.601. The lowest BCUT2D eigenvalue weighted by Gasteiger charge is -2.18. The Morgan fingerprint density at radius 1 is 0.469 bits per heavy atom. The van der Waals surface area contributed by atoms with Crippen LogP contribution in [-0.4, -0.2) is 5.11 Å². The van der Waals surface area contributed by atoms with E-state index in [-0.39, 0.29) is 5.75 Å². The van der Waals surface area contributed by atoms with Crippen LogP contribution in [0.15, 0.2) is 148 Å². The van der Waals surface area contributed by atoms with Crippen LogP contribution in [0.3, 0.4) is 0 Å². The van der Waals surface area contributed by atoms with Crippen LogP contribution < -0.4 is 4.52 Å². The van der Waals surface area contributed by atoms with Gasteiger partial charge in [0.15, 0.2) is 16.9 Å². The largest absolute Gasteiger partial charge is 0.506 e.